The maximum absolute atomic E-state index is 11.0. The van der Waals surface area contributed by atoms with E-state index in [4.69, 9.17) is 0 Å². The SMILES string of the molecule is O=Cc1cccn1-c1ccc(Sc2ccc([N+](=O)[O-])cc2)cc1. The summed E-state index contributed by atoms with van der Waals surface area (Å²) in [6, 6.07) is 17.8. The van der Waals surface area contributed by atoms with Gasteiger partial charge < -0.3 is 4.57 Å². The fourth-order valence-electron chi connectivity index (χ4n) is 2.17. The molecule has 0 atom stereocenters. The first kappa shape index (κ1) is 15.1. The monoisotopic (exact) mass is 324 g/mol. The Bertz CT molecular complexity index is 839. The minimum absolute atomic E-state index is 0.0821. The predicted octanol–water partition coefficient (Wildman–Crippen LogP) is 4.35. The van der Waals surface area contributed by atoms with E-state index in [1.807, 2.05) is 41.1 Å². The summed E-state index contributed by atoms with van der Waals surface area (Å²) in [5, 5.41) is 10.6. The van der Waals surface area contributed by atoms with Crippen molar-refractivity contribution < 1.29 is 9.72 Å². The Labute approximate surface area is 136 Å². The quantitative estimate of drug-likeness (QED) is 0.397. The van der Waals surface area contributed by atoms with Crippen molar-refractivity contribution in [2.75, 3.05) is 0 Å². The van der Waals surface area contributed by atoms with Crippen LogP contribution >= 0.6 is 11.8 Å². The molecule has 0 bridgehead atoms. The van der Waals surface area contributed by atoms with E-state index in [-0.39, 0.29) is 5.69 Å². The standard InChI is InChI=1S/C17H12N2O3S/c20-12-15-2-1-11-18(15)13-3-7-16(8-4-13)23-17-9-5-14(6-10-17)19(21)22/h1-12H. The Kier molecular flexibility index (Phi) is 4.25. The molecular weight excluding hydrogens is 312 g/mol. The van der Waals surface area contributed by atoms with Crippen molar-refractivity contribution in [3.05, 3.63) is 82.7 Å². The molecule has 2 aromatic carbocycles. The zero-order valence-electron chi connectivity index (χ0n) is 12.0. The normalized spacial score (nSPS) is 10.4. The van der Waals surface area contributed by atoms with Crippen molar-refractivity contribution in [3.63, 3.8) is 0 Å². The molecule has 0 aliphatic rings. The van der Waals surface area contributed by atoms with Gasteiger partial charge in [0.1, 0.15) is 0 Å². The Balaban J connectivity index is 1.77. The van der Waals surface area contributed by atoms with E-state index in [9.17, 15) is 14.9 Å². The van der Waals surface area contributed by atoms with E-state index < -0.39 is 4.92 Å². The maximum atomic E-state index is 11.0. The van der Waals surface area contributed by atoms with Crippen molar-refractivity contribution in [1.82, 2.24) is 4.57 Å². The fourth-order valence-corrected chi connectivity index (χ4v) is 2.99. The van der Waals surface area contributed by atoms with Crippen LogP contribution in [0.4, 0.5) is 5.69 Å². The molecule has 0 aliphatic heterocycles. The van der Waals surface area contributed by atoms with Gasteiger partial charge in [-0.2, -0.15) is 0 Å². The molecule has 0 saturated heterocycles. The highest BCUT2D eigenvalue weighted by Crippen LogP contribution is 2.29. The molecule has 3 rings (SSSR count). The number of hydrogen-bond acceptors (Lipinski definition) is 4. The van der Waals surface area contributed by atoms with Gasteiger partial charge in [-0.15, -0.1) is 0 Å². The summed E-state index contributed by atoms with van der Waals surface area (Å²) in [6.07, 6.45) is 2.65. The van der Waals surface area contributed by atoms with Crippen LogP contribution in [-0.2, 0) is 0 Å². The molecule has 0 unspecified atom stereocenters. The van der Waals surface area contributed by atoms with Gasteiger partial charge in [0.2, 0.25) is 0 Å². The highest BCUT2D eigenvalue weighted by Gasteiger charge is 2.06. The third kappa shape index (κ3) is 3.32. The van der Waals surface area contributed by atoms with Crippen LogP contribution in [0.3, 0.4) is 0 Å². The fraction of sp³-hybridized carbons (Fsp3) is 0. The molecule has 23 heavy (non-hydrogen) atoms. The van der Waals surface area contributed by atoms with E-state index in [0.717, 1.165) is 21.8 Å². The molecule has 0 aliphatic carbocycles. The number of aldehydes is 1. The van der Waals surface area contributed by atoms with Gasteiger partial charge in [0.25, 0.3) is 5.69 Å². The summed E-state index contributed by atoms with van der Waals surface area (Å²) >= 11 is 1.52. The Morgan fingerprint density at radius 2 is 1.57 bits per heavy atom. The van der Waals surface area contributed by atoms with E-state index >= 15 is 0 Å². The largest absolute Gasteiger partial charge is 0.314 e. The lowest BCUT2D eigenvalue weighted by Crippen LogP contribution is -1.96. The second kappa shape index (κ2) is 6.50. The second-order valence-corrected chi connectivity index (χ2v) is 5.91. The number of aromatic nitrogens is 1. The van der Waals surface area contributed by atoms with Crippen LogP contribution in [0.25, 0.3) is 5.69 Å². The van der Waals surface area contributed by atoms with E-state index in [2.05, 4.69) is 0 Å². The third-order valence-corrected chi connectivity index (χ3v) is 4.31. The molecule has 1 aromatic heterocycles. The molecule has 6 heteroatoms. The number of benzene rings is 2. The first-order chi connectivity index (χ1) is 11.2. The van der Waals surface area contributed by atoms with Crippen molar-refractivity contribution in [2.24, 2.45) is 0 Å². The summed E-state index contributed by atoms with van der Waals surface area (Å²) in [6.45, 7) is 0. The molecule has 114 valence electrons. The zero-order valence-corrected chi connectivity index (χ0v) is 12.8. The molecule has 0 N–H and O–H groups in total. The van der Waals surface area contributed by atoms with Gasteiger partial charge in [-0.05, 0) is 48.5 Å². The highest BCUT2D eigenvalue weighted by atomic mass is 32.2. The first-order valence-corrected chi connectivity index (χ1v) is 7.64. The van der Waals surface area contributed by atoms with Gasteiger partial charge >= 0.3 is 0 Å². The average Bonchev–Trinajstić information content (AvgIpc) is 3.05. The molecule has 0 saturated carbocycles. The van der Waals surface area contributed by atoms with E-state index in [1.165, 1.54) is 23.9 Å². The average molecular weight is 324 g/mol. The maximum Gasteiger partial charge on any atom is 0.269 e. The number of carbonyl (C=O) groups excluding carboxylic acids is 1. The van der Waals surface area contributed by atoms with Crippen molar-refractivity contribution in [1.29, 1.82) is 0 Å². The molecule has 0 spiro atoms. The lowest BCUT2D eigenvalue weighted by atomic mass is 10.3. The van der Waals surface area contributed by atoms with Crippen LogP contribution in [0.5, 0.6) is 0 Å². The van der Waals surface area contributed by atoms with Crippen LogP contribution in [0.15, 0.2) is 76.7 Å². The number of nitrogens with zero attached hydrogens (tertiary/aromatic N) is 2. The Morgan fingerprint density at radius 3 is 2.13 bits per heavy atom. The number of non-ortho nitro benzene ring substituents is 1. The summed E-state index contributed by atoms with van der Waals surface area (Å²) in [7, 11) is 0. The zero-order chi connectivity index (χ0) is 16.2. The minimum atomic E-state index is -0.412. The van der Waals surface area contributed by atoms with Gasteiger partial charge in [-0.1, -0.05) is 11.8 Å². The van der Waals surface area contributed by atoms with Gasteiger partial charge in [0.15, 0.2) is 6.29 Å². The number of carbonyl (C=O) groups is 1. The van der Waals surface area contributed by atoms with Crippen LogP contribution in [-0.4, -0.2) is 15.8 Å². The lowest BCUT2D eigenvalue weighted by Gasteiger charge is -2.07. The molecular formula is C17H12N2O3S. The van der Waals surface area contributed by atoms with Gasteiger partial charge in [-0.3, -0.25) is 14.9 Å². The molecule has 3 aromatic rings. The molecule has 0 radical (unpaired) electrons. The first-order valence-electron chi connectivity index (χ1n) is 6.82. The van der Waals surface area contributed by atoms with E-state index in [0.29, 0.717) is 5.69 Å². The molecule has 0 fully saturated rings. The number of rotatable bonds is 5. The number of nitro groups is 1. The van der Waals surface area contributed by atoms with Crippen molar-refractivity contribution >= 4 is 23.7 Å². The third-order valence-electron chi connectivity index (χ3n) is 3.30. The van der Waals surface area contributed by atoms with Crippen LogP contribution in [0.1, 0.15) is 10.5 Å². The van der Waals surface area contributed by atoms with Crippen molar-refractivity contribution in [3.8, 4) is 5.69 Å². The van der Waals surface area contributed by atoms with Crippen LogP contribution in [0, 0.1) is 10.1 Å². The second-order valence-electron chi connectivity index (χ2n) is 4.77. The summed E-state index contributed by atoms with van der Waals surface area (Å²) in [5.41, 5.74) is 1.59. The predicted molar refractivity (Wildman–Crippen MR) is 88.4 cm³/mol. The summed E-state index contributed by atoms with van der Waals surface area (Å²) < 4.78 is 1.81. The molecule has 0 amide bonds. The summed E-state index contributed by atoms with van der Waals surface area (Å²) in [5.74, 6) is 0. The topological polar surface area (TPSA) is 65.1 Å². The lowest BCUT2D eigenvalue weighted by molar-refractivity contribution is -0.384. The Hall–Kier alpha value is -2.86. The Morgan fingerprint density at radius 1 is 0.957 bits per heavy atom. The molecule has 1 heterocycles. The number of nitro benzene ring substituents is 1. The minimum Gasteiger partial charge on any atom is -0.314 e. The van der Waals surface area contributed by atoms with Gasteiger partial charge in [0, 0.05) is 33.8 Å². The summed E-state index contributed by atoms with van der Waals surface area (Å²) in [4.78, 5) is 23.1. The van der Waals surface area contributed by atoms with Crippen LogP contribution < -0.4 is 0 Å². The van der Waals surface area contributed by atoms with Gasteiger partial charge in [0.05, 0.1) is 10.6 Å². The molecule has 5 nitrogen and oxygen atoms in total. The van der Waals surface area contributed by atoms with E-state index in [1.54, 1.807) is 18.2 Å². The van der Waals surface area contributed by atoms with Crippen molar-refractivity contribution in [2.45, 2.75) is 9.79 Å². The smallest absolute Gasteiger partial charge is 0.269 e. The highest BCUT2D eigenvalue weighted by molar-refractivity contribution is 7.99. The number of hydrogen-bond donors (Lipinski definition) is 0. The van der Waals surface area contributed by atoms with Gasteiger partial charge in [-0.25, -0.2) is 0 Å². The van der Waals surface area contributed by atoms with Crippen LogP contribution in [0.2, 0.25) is 0 Å².